The second-order valence-corrected chi connectivity index (χ2v) is 12.7. The Labute approximate surface area is 180 Å². The molecule has 160 valence electrons. The summed E-state index contributed by atoms with van der Waals surface area (Å²) in [5.74, 6) is 5.62. The summed E-state index contributed by atoms with van der Waals surface area (Å²) in [5.41, 5.74) is 2.82. The van der Waals surface area contributed by atoms with E-state index in [9.17, 15) is 0 Å². The van der Waals surface area contributed by atoms with Gasteiger partial charge in [-0.15, -0.1) is 11.6 Å². The molecule has 1 heteroatoms. The summed E-state index contributed by atoms with van der Waals surface area (Å²) >= 11 is 6.56. The first-order chi connectivity index (χ1) is 13.3. The smallest absolute Gasteiger partial charge is 0.0373 e. The molecule has 0 aromatic rings. The molecule has 3 fully saturated rings. The van der Waals surface area contributed by atoms with Crippen LogP contribution in [0.2, 0.25) is 0 Å². The number of halogens is 1. The third kappa shape index (κ3) is 3.52. The second kappa shape index (κ2) is 7.94. The predicted molar refractivity (Wildman–Crippen MR) is 123 cm³/mol. The molecule has 0 aromatic heterocycles. The summed E-state index contributed by atoms with van der Waals surface area (Å²) < 4.78 is 0. The van der Waals surface area contributed by atoms with Crippen LogP contribution in [-0.4, -0.2) is 5.38 Å². The Morgan fingerprint density at radius 1 is 1.00 bits per heavy atom. The molecule has 28 heavy (non-hydrogen) atoms. The highest BCUT2D eigenvalue weighted by molar-refractivity contribution is 6.20. The van der Waals surface area contributed by atoms with Gasteiger partial charge in [-0.25, -0.2) is 0 Å². The van der Waals surface area contributed by atoms with E-state index in [2.05, 4.69) is 40.7 Å². The molecule has 0 heterocycles. The number of hydrogen-bond acceptors (Lipinski definition) is 0. The van der Waals surface area contributed by atoms with Crippen molar-refractivity contribution in [2.24, 2.45) is 46.3 Å². The molecule has 0 aliphatic heterocycles. The van der Waals surface area contributed by atoms with Gasteiger partial charge in [0.2, 0.25) is 0 Å². The van der Waals surface area contributed by atoms with E-state index in [0.717, 1.165) is 35.5 Å². The largest absolute Gasteiger partial charge is 0.123 e. The monoisotopic (exact) mass is 404 g/mol. The third-order valence-corrected chi connectivity index (χ3v) is 10.6. The Kier molecular flexibility index (Phi) is 6.03. The van der Waals surface area contributed by atoms with Crippen molar-refractivity contribution in [1.29, 1.82) is 0 Å². The van der Waals surface area contributed by atoms with Gasteiger partial charge in [-0.3, -0.25) is 0 Å². The number of rotatable bonds is 5. The van der Waals surface area contributed by atoms with Gasteiger partial charge in [-0.1, -0.05) is 65.5 Å². The molecule has 8 atom stereocenters. The van der Waals surface area contributed by atoms with E-state index in [1.807, 2.05) is 0 Å². The maximum Gasteiger partial charge on any atom is 0.0373 e. The van der Waals surface area contributed by atoms with Gasteiger partial charge in [0.1, 0.15) is 0 Å². The van der Waals surface area contributed by atoms with Crippen molar-refractivity contribution in [3.63, 3.8) is 0 Å². The third-order valence-electron chi connectivity index (χ3n) is 10.2. The molecule has 4 aliphatic rings. The van der Waals surface area contributed by atoms with E-state index in [0.29, 0.717) is 16.2 Å². The highest BCUT2D eigenvalue weighted by atomic mass is 35.5. The van der Waals surface area contributed by atoms with E-state index in [-0.39, 0.29) is 0 Å². The van der Waals surface area contributed by atoms with Gasteiger partial charge in [0.25, 0.3) is 0 Å². The first-order valence-corrected chi connectivity index (χ1v) is 13.0. The molecular formula is C27H45Cl. The van der Waals surface area contributed by atoms with E-state index in [1.54, 1.807) is 5.57 Å². The summed E-state index contributed by atoms with van der Waals surface area (Å²) in [5, 5.41) is 0.396. The number of hydrogen-bond donors (Lipinski definition) is 0. The fourth-order valence-electron chi connectivity index (χ4n) is 8.64. The Balaban J connectivity index is 1.49. The average Bonchev–Trinajstić information content (AvgIpc) is 2.99. The fraction of sp³-hybridized carbons (Fsp3) is 0.926. The van der Waals surface area contributed by atoms with Crippen molar-refractivity contribution in [3.05, 3.63) is 11.6 Å². The fourth-order valence-corrected chi connectivity index (χ4v) is 8.92. The quantitative estimate of drug-likeness (QED) is 0.317. The van der Waals surface area contributed by atoms with Crippen LogP contribution < -0.4 is 0 Å². The van der Waals surface area contributed by atoms with Crippen LogP contribution in [0.5, 0.6) is 0 Å². The molecule has 0 nitrogen and oxygen atoms in total. The maximum absolute atomic E-state index is 6.56. The van der Waals surface area contributed by atoms with Crippen LogP contribution in [0, 0.1) is 46.3 Å². The molecule has 0 N–H and O–H groups in total. The standard InChI is InChI=1S/C27H45Cl/c1-18(2)7-6-8-19(3)23-11-12-24-22-10-9-20-17-21(28)13-15-26(20,4)25(22)14-16-27(23,24)5/h9,18-19,21-25H,6-8,10-17H2,1-5H3/t19-,21+,22-,23+,24-,25+,26+,27-/m1/s1. The van der Waals surface area contributed by atoms with Crippen molar-refractivity contribution in [1.82, 2.24) is 0 Å². The maximum atomic E-state index is 6.56. The van der Waals surface area contributed by atoms with Gasteiger partial charge < -0.3 is 0 Å². The van der Waals surface area contributed by atoms with Gasteiger partial charge in [-0.2, -0.15) is 0 Å². The van der Waals surface area contributed by atoms with Crippen LogP contribution in [0.4, 0.5) is 0 Å². The first kappa shape index (κ1) is 21.3. The molecule has 4 rings (SSSR count). The zero-order valence-corrected chi connectivity index (χ0v) is 20.0. The first-order valence-electron chi connectivity index (χ1n) is 12.6. The van der Waals surface area contributed by atoms with Crippen LogP contribution in [-0.2, 0) is 0 Å². The number of alkyl halides is 1. The van der Waals surface area contributed by atoms with Gasteiger partial charge in [0, 0.05) is 5.38 Å². The minimum absolute atomic E-state index is 0.396. The van der Waals surface area contributed by atoms with Gasteiger partial charge in [-0.05, 0) is 97.7 Å². The lowest BCUT2D eigenvalue weighted by Gasteiger charge is -2.58. The predicted octanol–water partition coefficient (Wildman–Crippen LogP) is 8.64. The molecule has 0 unspecified atom stereocenters. The number of fused-ring (bicyclic) bond motifs is 5. The molecule has 0 aromatic carbocycles. The normalized spacial score (nSPS) is 46.5. The van der Waals surface area contributed by atoms with Crippen LogP contribution in [0.25, 0.3) is 0 Å². The lowest BCUT2D eigenvalue weighted by atomic mass is 9.47. The van der Waals surface area contributed by atoms with E-state index < -0.39 is 0 Å². The van der Waals surface area contributed by atoms with Crippen molar-refractivity contribution in [2.75, 3.05) is 0 Å². The summed E-state index contributed by atoms with van der Waals surface area (Å²) in [7, 11) is 0. The highest BCUT2D eigenvalue weighted by Gasteiger charge is 2.58. The summed E-state index contributed by atoms with van der Waals surface area (Å²) in [6, 6.07) is 0. The average molecular weight is 405 g/mol. The summed E-state index contributed by atoms with van der Waals surface area (Å²) in [4.78, 5) is 0. The molecule has 0 amide bonds. The Bertz CT molecular complexity index is 591. The van der Waals surface area contributed by atoms with Crippen molar-refractivity contribution in [2.45, 2.75) is 111 Å². The van der Waals surface area contributed by atoms with Crippen molar-refractivity contribution in [3.8, 4) is 0 Å². The van der Waals surface area contributed by atoms with E-state index >= 15 is 0 Å². The molecule has 3 saturated carbocycles. The molecule has 0 spiro atoms. The van der Waals surface area contributed by atoms with Crippen LogP contribution in [0.1, 0.15) is 105 Å². The lowest BCUT2D eigenvalue weighted by Crippen LogP contribution is -2.50. The molecule has 0 bridgehead atoms. The van der Waals surface area contributed by atoms with Gasteiger partial charge in [0.15, 0.2) is 0 Å². The Morgan fingerprint density at radius 2 is 1.79 bits per heavy atom. The molecule has 0 saturated heterocycles. The zero-order valence-electron chi connectivity index (χ0n) is 19.3. The van der Waals surface area contributed by atoms with E-state index in [4.69, 9.17) is 11.6 Å². The minimum atomic E-state index is 0.396. The minimum Gasteiger partial charge on any atom is -0.123 e. The molecule has 0 radical (unpaired) electrons. The van der Waals surface area contributed by atoms with E-state index in [1.165, 1.54) is 70.6 Å². The van der Waals surface area contributed by atoms with Crippen LogP contribution in [0.3, 0.4) is 0 Å². The summed E-state index contributed by atoms with van der Waals surface area (Å²) in [6.07, 6.45) is 18.0. The SMILES string of the molecule is CC(C)CCC[C@@H](C)[C@@H]1CC[C@@H]2[C@H]3CC=C4C[C@@H](Cl)CC[C@]4(C)[C@H]3CC[C@@]21C. The summed E-state index contributed by atoms with van der Waals surface area (Å²) in [6.45, 7) is 12.7. The van der Waals surface area contributed by atoms with Crippen LogP contribution in [0.15, 0.2) is 11.6 Å². The Morgan fingerprint density at radius 3 is 2.54 bits per heavy atom. The highest BCUT2D eigenvalue weighted by Crippen LogP contribution is 2.67. The second-order valence-electron chi connectivity index (χ2n) is 12.1. The topological polar surface area (TPSA) is 0 Å². The zero-order chi connectivity index (χ0) is 20.1. The van der Waals surface area contributed by atoms with Gasteiger partial charge >= 0.3 is 0 Å². The van der Waals surface area contributed by atoms with Crippen molar-refractivity contribution >= 4 is 11.6 Å². The van der Waals surface area contributed by atoms with Crippen LogP contribution >= 0.6 is 11.6 Å². The number of allylic oxidation sites excluding steroid dienone is 2. The molecule has 4 aliphatic carbocycles. The lowest BCUT2D eigenvalue weighted by molar-refractivity contribution is -0.0498. The Hall–Kier alpha value is 0.0300. The molecular weight excluding hydrogens is 360 g/mol. The van der Waals surface area contributed by atoms with Gasteiger partial charge in [0.05, 0.1) is 0 Å². The van der Waals surface area contributed by atoms with Crippen molar-refractivity contribution < 1.29 is 0 Å².